The van der Waals surface area contributed by atoms with Crippen molar-refractivity contribution in [2.75, 3.05) is 20.3 Å². The lowest BCUT2D eigenvalue weighted by molar-refractivity contribution is -0.141. The highest BCUT2D eigenvalue weighted by molar-refractivity contribution is 5.90. The van der Waals surface area contributed by atoms with Crippen molar-refractivity contribution >= 4 is 17.9 Å². The molecule has 36 heavy (non-hydrogen) atoms. The van der Waals surface area contributed by atoms with Gasteiger partial charge in [0, 0.05) is 6.92 Å². The van der Waals surface area contributed by atoms with Crippen LogP contribution in [0.25, 0.3) is 0 Å². The predicted octanol–water partition coefficient (Wildman–Crippen LogP) is 6.12. The first-order valence-electron chi connectivity index (χ1n) is 13.6. The maximum absolute atomic E-state index is 12.9. The van der Waals surface area contributed by atoms with Gasteiger partial charge < -0.3 is 18.9 Å². The molecule has 0 bridgehead atoms. The summed E-state index contributed by atoms with van der Waals surface area (Å²) in [5.41, 5.74) is 0.324. The standard InChI is InChI=1S/C29H42O7/c1-4-21-7-9-22(10-8-21)23-11-13-24(14-12-23)29(32)36-26-16-15-25(19-27(26)33-3)28(31)35-18-6-5-17-34-20(2)30/h15-16,19,21-24H,4-14,17-18H2,1-3H3. The molecule has 0 N–H and O–H groups in total. The predicted molar refractivity (Wildman–Crippen MR) is 136 cm³/mol. The topological polar surface area (TPSA) is 88.1 Å². The number of esters is 3. The molecule has 2 fully saturated rings. The average Bonchev–Trinajstić information content (AvgIpc) is 2.90. The Kier molecular flexibility index (Phi) is 11.1. The molecule has 0 aliphatic heterocycles. The Morgan fingerprint density at radius 1 is 0.833 bits per heavy atom. The van der Waals surface area contributed by atoms with Crippen molar-refractivity contribution in [1.82, 2.24) is 0 Å². The van der Waals surface area contributed by atoms with Crippen LogP contribution in [0.2, 0.25) is 0 Å². The molecule has 0 amide bonds. The average molecular weight is 503 g/mol. The fourth-order valence-electron chi connectivity index (χ4n) is 5.63. The Morgan fingerprint density at radius 2 is 1.44 bits per heavy atom. The number of carbonyl (C=O) groups excluding carboxylic acids is 3. The quantitative estimate of drug-likeness (QED) is 0.204. The summed E-state index contributed by atoms with van der Waals surface area (Å²) in [4.78, 5) is 36.0. The Morgan fingerprint density at radius 3 is 2.03 bits per heavy atom. The smallest absolute Gasteiger partial charge is 0.338 e. The Balaban J connectivity index is 1.44. The molecular formula is C29H42O7. The highest BCUT2D eigenvalue weighted by atomic mass is 16.6. The van der Waals surface area contributed by atoms with Crippen molar-refractivity contribution in [3.63, 3.8) is 0 Å². The Bertz CT molecular complexity index is 864. The summed E-state index contributed by atoms with van der Waals surface area (Å²) in [6.45, 7) is 4.19. The summed E-state index contributed by atoms with van der Waals surface area (Å²) < 4.78 is 21.2. The zero-order valence-electron chi connectivity index (χ0n) is 22.1. The lowest BCUT2D eigenvalue weighted by Crippen LogP contribution is -2.30. The number of carbonyl (C=O) groups is 3. The van der Waals surface area contributed by atoms with Crippen LogP contribution in [0.5, 0.6) is 11.5 Å². The third-order valence-electron chi connectivity index (χ3n) is 7.93. The van der Waals surface area contributed by atoms with Gasteiger partial charge in [0.2, 0.25) is 0 Å². The van der Waals surface area contributed by atoms with E-state index < -0.39 is 5.97 Å². The first-order chi connectivity index (χ1) is 17.4. The molecule has 0 radical (unpaired) electrons. The summed E-state index contributed by atoms with van der Waals surface area (Å²) in [7, 11) is 1.48. The van der Waals surface area contributed by atoms with Crippen LogP contribution in [-0.2, 0) is 19.1 Å². The summed E-state index contributed by atoms with van der Waals surface area (Å²) in [6.07, 6.45) is 11.9. The molecule has 0 unspecified atom stereocenters. The monoisotopic (exact) mass is 502 g/mol. The summed E-state index contributed by atoms with van der Waals surface area (Å²) in [6, 6.07) is 4.70. The van der Waals surface area contributed by atoms with Crippen LogP contribution in [0.15, 0.2) is 18.2 Å². The van der Waals surface area contributed by atoms with Crippen molar-refractivity contribution in [2.45, 2.75) is 84.5 Å². The first kappa shape index (κ1) is 28.0. The van der Waals surface area contributed by atoms with E-state index in [1.807, 2.05) is 0 Å². The summed E-state index contributed by atoms with van der Waals surface area (Å²) >= 11 is 0. The summed E-state index contributed by atoms with van der Waals surface area (Å²) in [5.74, 6) is 2.02. The third kappa shape index (κ3) is 8.24. The molecule has 2 aliphatic carbocycles. The lowest BCUT2D eigenvalue weighted by Gasteiger charge is -2.37. The number of ether oxygens (including phenoxy) is 4. The molecule has 7 heteroatoms. The van der Waals surface area contributed by atoms with Crippen LogP contribution in [0.4, 0.5) is 0 Å². The van der Waals surface area contributed by atoms with Gasteiger partial charge in [0.15, 0.2) is 11.5 Å². The Hall–Kier alpha value is -2.57. The number of unbranched alkanes of at least 4 members (excludes halogenated alkanes) is 1. The second-order valence-electron chi connectivity index (χ2n) is 10.3. The van der Waals surface area contributed by atoms with E-state index in [0.717, 1.165) is 43.4 Å². The molecule has 1 aromatic rings. The minimum atomic E-state index is -0.482. The van der Waals surface area contributed by atoms with Gasteiger partial charge in [-0.05, 0) is 87.3 Å². The van der Waals surface area contributed by atoms with Crippen LogP contribution in [-0.4, -0.2) is 38.2 Å². The van der Waals surface area contributed by atoms with Gasteiger partial charge in [0.25, 0.3) is 0 Å². The van der Waals surface area contributed by atoms with Crippen molar-refractivity contribution in [1.29, 1.82) is 0 Å². The molecule has 0 spiro atoms. The van der Waals surface area contributed by atoms with Crippen LogP contribution >= 0.6 is 0 Å². The number of methoxy groups -OCH3 is 1. The fourth-order valence-corrected chi connectivity index (χ4v) is 5.63. The Labute approximate surface area is 215 Å². The SMILES string of the molecule is CCC1CCC(C2CCC(C(=O)Oc3ccc(C(=O)OCCCCOC(C)=O)cc3OC)CC2)CC1. The van der Waals surface area contributed by atoms with Gasteiger partial charge in [-0.3, -0.25) is 9.59 Å². The van der Waals surface area contributed by atoms with Crippen LogP contribution < -0.4 is 9.47 Å². The molecular weight excluding hydrogens is 460 g/mol. The van der Waals surface area contributed by atoms with E-state index in [4.69, 9.17) is 18.9 Å². The molecule has 2 aliphatic rings. The second-order valence-corrected chi connectivity index (χ2v) is 10.3. The zero-order valence-corrected chi connectivity index (χ0v) is 22.1. The van der Waals surface area contributed by atoms with Crippen molar-refractivity contribution in [3.8, 4) is 11.5 Å². The van der Waals surface area contributed by atoms with E-state index in [1.165, 1.54) is 52.2 Å². The normalized spacial score (nSPS) is 24.0. The molecule has 0 saturated heterocycles. The van der Waals surface area contributed by atoms with Gasteiger partial charge in [-0.2, -0.15) is 0 Å². The van der Waals surface area contributed by atoms with E-state index >= 15 is 0 Å². The lowest BCUT2D eigenvalue weighted by atomic mass is 9.69. The largest absolute Gasteiger partial charge is 0.493 e. The van der Waals surface area contributed by atoms with E-state index in [2.05, 4.69) is 6.92 Å². The minimum absolute atomic E-state index is 0.0884. The molecule has 7 nitrogen and oxygen atoms in total. The highest BCUT2D eigenvalue weighted by Crippen LogP contribution is 2.42. The van der Waals surface area contributed by atoms with Gasteiger partial charge in [-0.15, -0.1) is 0 Å². The molecule has 0 heterocycles. The number of rotatable bonds is 11. The number of hydrogen-bond donors (Lipinski definition) is 0. The van der Waals surface area contributed by atoms with Gasteiger partial charge in [-0.25, -0.2) is 4.79 Å². The van der Waals surface area contributed by atoms with Crippen LogP contribution in [0.1, 0.15) is 94.8 Å². The van der Waals surface area contributed by atoms with Gasteiger partial charge in [0.05, 0.1) is 31.8 Å². The maximum atomic E-state index is 12.9. The molecule has 0 atom stereocenters. The highest BCUT2D eigenvalue weighted by Gasteiger charge is 2.33. The van der Waals surface area contributed by atoms with Crippen molar-refractivity contribution in [2.24, 2.45) is 23.7 Å². The fraction of sp³-hybridized carbons (Fsp3) is 0.690. The molecule has 3 rings (SSSR count). The van der Waals surface area contributed by atoms with Crippen LogP contribution in [0, 0.1) is 23.7 Å². The maximum Gasteiger partial charge on any atom is 0.338 e. The van der Waals surface area contributed by atoms with Gasteiger partial charge >= 0.3 is 17.9 Å². The van der Waals surface area contributed by atoms with Crippen molar-refractivity contribution in [3.05, 3.63) is 23.8 Å². The third-order valence-corrected chi connectivity index (χ3v) is 7.93. The molecule has 0 aromatic heterocycles. The van der Waals surface area contributed by atoms with E-state index in [9.17, 15) is 14.4 Å². The molecule has 1 aromatic carbocycles. The molecule has 2 saturated carbocycles. The zero-order chi connectivity index (χ0) is 25.9. The first-order valence-corrected chi connectivity index (χ1v) is 13.6. The van der Waals surface area contributed by atoms with E-state index in [-0.39, 0.29) is 24.5 Å². The second kappa shape index (κ2) is 14.2. The van der Waals surface area contributed by atoms with E-state index in [0.29, 0.717) is 36.5 Å². The van der Waals surface area contributed by atoms with Crippen LogP contribution in [0.3, 0.4) is 0 Å². The van der Waals surface area contributed by atoms with Gasteiger partial charge in [0.1, 0.15) is 0 Å². The van der Waals surface area contributed by atoms with Gasteiger partial charge in [-0.1, -0.05) is 26.2 Å². The molecule has 200 valence electrons. The number of benzene rings is 1. The number of hydrogen-bond acceptors (Lipinski definition) is 7. The van der Waals surface area contributed by atoms with Crippen molar-refractivity contribution < 1.29 is 33.3 Å². The summed E-state index contributed by atoms with van der Waals surface area (Å²) in [5, 5.41) is 0. The minimum Gasteiger partial charge on any atom is -0.493 e. The van der Waals surface area contributed by atoms with E-state index in [1.54, 1.807) is 12.1 Å².